The number of carboxylic acid groups (broad SMARTS) is 1. The molecule has 0 spiro atoms. The minimum absolute atomic E-state index is 0.0937. The minimum Gasteiger partial charge on any atom is -0.489 e. The number of amides is 1. The number of rotatable bonds is 10. The van der Waals surface area contributed by atoms with Gasteiger partial charge in [0.25, 0.3) is 0 Å². The molecule has 6 rings (SSSR count). The highest BCUT2D eigenvalue weighted by molar-refractivity contribution is 5.81. The molecule has 1 amide bonds. The molecule has 1 saturated carbocycles. The van der Waals surface area contributed by atoms with Gasteiger partial charge < -0.3 is 19.9 Å². The highest BCUT2D eigenvalue weighted by Gasteiger charge is 2.30. The predicted molar refractivity (Wildman–Crippen MR) is 162 cm³/mol. The number of aliphatic carboxylic acids is 1. The summed E-state index contributed by atoms with van der Waals surface area (Å²) in [7, 11) is 0. The topological polar surface area (TPSA) is 84.9 Å². The number of carboxylic acids is 1. The maximum atomic E-state index is 12.9. The summed E-state index contributed by atoms with van der Waals surface area (Å²) < 4.78 is 11.9. The minimum atomic E-state index is -1.12. The number of carbonyl (C=O) groups is 2. The summed E-state index contributed by atoms with van der Waals surface area (Å²) in [5.74, 6) is 0.0270. The number of nitrogens with one attached hydrogen (secondary N) is 1. The van der Waals surface area contributed by atoms with Crippen molar-refractivity contribution in [2.24, 2.45) is 0 Å². The quantitative estimate of drug-likeness (QED) is 0.210. The Bertz CT molecular complexity index is 1510. The van der Waals surface area contributed by atoms with E-state index in [1.165, 1.54) is 12.8 Å². The zero-order valence-electron chi connectivity index (χ0n) is 23.5. The molecule has 0 saturated heterocycles. The second kappa shape index (κ2) is 12.5. The first-order chi connectivity index (χ1) is 20.6. The van der Waals surface area contributed by atoms with E-state index in [4.69, 9.17) is 9.47 Å². The van der Waals surface area contributed by atoms with Crippen LogP contribution in [0, 0.1) is 0 Å². The van der Waals surface area contributed by atoms with E-state index >= 15 is 0 Å². The number of carbonyl (C=O) groups excluding carboxylic acids is 1. The van der Waals surface area contributed by atoms with E-state index in [1.807, 2.05) is 66.7 Å². The fourth-order valence-corrected chi connectivity index (χ4v) is 6.37. The lowest BCUT2D eigenvalue weighted by Gasteiger charge is -2.20. The number of hydrogen-bond acceptors (Lipinski definition) is 4. The van der Waals surface area contributed by atoms with Crippen molar-refractivity contribution in [3.8, 4) is 16.9 Å². The molecule has 0 aromatic heterocycles. The van der Waals surface area contributed by atoms with Crippen LogP contribution >= 0.6 is 0 Å². The summed E-state index contributed by atoms with van der Waals surface area (Å²) in [5, 5.41) is 12.6. The molecule has 6 nitrogen and oxygen atoms in total. The van der Waals surface area contributed by atoms with Crippen LogP contribution in [0.15, 0.2) is 97.1 Å². The van der Waals surface area contributed by atoms with E-state index in [0.29, 0.717) is 12.5 Å². The van der Waals surface area contributed by atoms with Crippen molar-refractivity contribution in [2.45, 2.75) is 56.6 Å². The number of ether oxygens (including phenoxy) is 2. The first-order valence-corrected chi connectivity index (χ1v) is 14.7. The third kappa shape index (κ3) is 6.03. The van der Waals surface area contributed by atoms with Crippen LogP contribution in [0.5, 0.6) is 5.75 Å². The Balaban J connectivity index is 1.13. The highest BCUT2D eigenvalue weighted by atomic mass is 16.5. The largest absolute Gasteiger partial charge is 0.489 e. The summed E-state index contributed by atoms with van der Waals surface area (Å²) in [6.45, 7) is 0.604. The van der Waals surface area contributed by atoms with Gasteiger partial charge in [-0.05, 0) is 63.8 Å². The van der Waals surface area contributed by atoms with Gasteiger partial charge in [-0.15, -0.1) is 0 Å². The lowest BCUT2D eigenvalue weighted by molar-refractivity contribution is -0.139. The second-order valence-corrected chi connectivity index (χ2v) is 11.2. The van der Waals surface area contributed by atoms with Gasteiger partial charge in [-0.25, -0.2) is 9.59 Å². The molecule has 214 valence electrons. The van der Waals surface area contributed by atoms with Crippen LogP contribution in [-0.4, -0.2) is 29.8 Å². The molecule has 2 aliphatic carbocycles. The Labute approximate surface area is 246 Å². The van der Waals surface area contributed by atoms with Crippen LogP contribution < -0.4 is 10.1 Å². The van der Waals surface area contributed by atoms with Crippen LogP contribution in [0.2, 0.25) is 0 Å². The molecule has 0 unspecified atom stereocenters. The van der Waals surface area contributed by atoms with Crippen molar-refractivity contribution < 1.29 is 24.2 Å². The van der Waals surface area contributed by atoms with Gasteiger partial charge in [0.05, 0.1) is 0 Å². The van der Waals surface area contributed by atoms with Gasteiger partial charge in [-0.3, -0.25) is 0 Å². The summed E-state index contributed by atoms with van der Waals surface area (Å²) in [6.07, 6.45) is 3.94. The van der Waals surface area contributed by atoms with Crippen molar-refractivity contribution >= 4 is 12.1 Å². The fraction of sp³-hybridized carbons (Fsp3) is 0.278. The molecular weight excluding hydrogens is 526 g/mol. The number of hydrogen-bond donors (Lipinski definition) is 2. The van der Waals surface area contributed by atoms with Crippen molar-refractivity contribution in [1.82, 2.24) is 5.32 Å². The molecule has 2 aliphatic rings. The zero-order chi connectivity index (χ0) is 28.9. The number of benzene rings is 4. The Hall–Kier alpha value is -4.58. The monoisotopic (exact) mass is 561 g/mol. The fourth-order valence-electron chi connectivity index (χ4n) is 6.37. The van der Waals surface area contributed by atoms with Crippen LogP contribution in [-0.2, 0) is 22.6 Å². The average molecular weight is 562 g/mol. The van der Waals surface area contributed by atoms with E-state index in [1.54, 1.807) is 0 Å². The molecule has 2 N–H and O–H groups in total. The molecule has 0 radical (unpaired) electrons. The van der Waals surface area contributed by atoms with Crippen molar-refractivity contribution in [1.29, 1.82) is 0 Å². The van der Waals surface area contributed by atoms with Gasteiger partial charge in [0.1, 0.15) is 25.0 Å². The van der Waals surface area contributed by atoms with Crippen molar-refractivity contribution in [2.75, 3.05) is 6.61 Å². The number of fused-ring (bicyclic) bond motifs is 3. The Kier molecular flexibility index (Phi) is 8.22. The van der Waals surface area contributed by atoms with Gasteiger partial charge >= 0.3 is 12.1 Å². The van der Waals surface area contributed by atoms with E-state index < -0.39 is 18.1 Å². The van der Waals surface area contributed by atoms with Gasteiger partial charge in [0, 0.05) is 12.3 Å². The molecule has 1 fully saturated rings. The maximum Gasteiger partial charge on any atom is 0.407 e. The third-order valence-electron chi connectivity index (χ3n) is 8.48. The summed E-state index contributed by atoms with van der Waals surface area (Å²) in [6, 6.07) is 31.1. The van der Waals surface area contributed by atoms with Gasteiger partial charge in [0.15, 0.2) is 0 Å². The summed E-state index contributed by atoms with van der Waals surface area (Å²) in [5.41, 5.74) is 7.55. The van der Waals surface area contributed by atoms with Crippen molar-refractivity contribution in [3.63, 3.8) is 0 Å². The lowest BCUT2D eigenvalue weighted by atomic mass is 9.93. The molecule has 4 aromatic rings. The molecule has 6 heteroatoms. The van der Waals surface area contributed by atoms with Gasteiger partial charge in [0.2, 0.25) is 0 Å². The molecule has 4 aromatic carbocycles. The van der Waals surface area contributed by atoms with Crippen molar-refractivity contribution in [3.05, 3.63) is 125 Å². The molecule has 0 heterocycles. The second-order valence-electron chi connectivity index (χ2n) is 11.2. The summed E-state index contributed by atoms with van der Waals surface area (Å²) >= 11 is 0. The Morgan fingerprint density at radius 3 is 2.10 bits per heavy atom. The SMILES string of the molecule is O=C(N[C@@H](Cc1ccc(OCc2ccccc2)c(C2CCCC2)c1)C(=O)O)OCC1c2ccccc2-c2ccccc21. The van der Waals surface area contributed by atoms with Crippen LogP contribution in [0.25, 0.3) is 11.1 Å². The summed E-state index contributed by atoms with van der Waals surface area (Å²) in [4.78, 5) is 25.1. The molecule has 42 heavy (non-hydrogen) atoms. The van der Waals surface area contributed by atoms with Crippen LogP contribution in [0.3, 0.4) is 0 Å². The van der Waals surface area contributed by atoms with Gasteiger partial charge in [-0.1, -0.05) is 104 Å². The molecule has 1 atom stereocenters. The maximum absolute atomic E-state index is 12.9. The third-order valence-corrected chi connectivity index (χ3v) is 8.48. The van der Waals surface area contributed by atoms with E-state index in [2.05, 4.69) is 35.6 Å². The first-order valence-electron chi connectivity index (χ1n) is 14.7. The molecular formula is C36H35NO5. The predicted octanol–water partition coefficient (Wildman–Crippen LogP) is 7.46. The van der Waals surface area contributed by atoms with Crippen LogP contribution in [0.1, 0.15) is 65.3 Å². The Morgan fingerprint density at radius 1 is 0.786 bits per heavy atom. The average Bonchev–Trinajstić information content (AvgIpc) is 3.66. The highest BCUT2D eigenvalue weighted by Crippen LogP contribution is 2.44. The standard InChI is InChI=1S/C36H35NO5/c38-35(39)33(37-36(40)42-23-32-29-16-8-6-14-27(29)28-15-7-9-17-30(28)32)21-25-18-19-34(31(20-25)26-12-4-5-13-26)41-22-24-10-2-1-3-11-24/h1-3,6-11,14-20,26,32-33H,4-5,12-13,21-23H2,(H,37,40)(H,38,39)/t33-/m0/s1. The zero-order valence-corrected chi connectivity index (χ0v) is 23.5. The molecule has 0 bridgehead atoms. The lowest BCUT2D eigenvalue weighted by Crippen LogP contribution is -2.42. The van der Waals surface area contributed by atoms with E-state index in [-0.39, 0.29) is 18.9 Å². The normalized spacial score (nSPS) is 15.0. The van der Waals surface area contributed by atoms with Gasteiger partial charge in [-0.2, -0.15) is 0 Å². The van der Waals surface area contributed by atoms with Crippen LogP contribution in [0.4, 0.5) is 4.79 Å². The number of alkyl carbamates (subject to hydrolysis) is 1. The first kappa shape index (κ1) is 27.6. The Morgan fingerprint density at radius 2 is 1.43 bits per heavy atom. The van der Waals surface area contributed by atoms with E-state index in [9.17, 15) is 14.7 Å². The van der Waals surface area contributed by atoms with E-state index in [0.717, 1.165) is 57.5 Å². The molecule has 0 aliphatic heterocycles. The smallest absolute Gasteiger partial charge is 0.407 e.